The Morgan fingerprint density at radius 1 is 1.50 bits per heavy atom. The van der Waals surface area contributed by atoms with Crippen LogP contribution in [0.25, 0.3) is 0 Å². The minimum atomic E-state index is -1.21. The number of aromatic amines is 1. The van der Waals surface area contributed by atoms with Gasteiger partial charge in [0.25, 0.3) is 0 Å². The monoisotopic (exact) mass is 199 g/mol. The number of imidazole rings is 1. The lowest BCUT2D eigenvalue weighted by Gasteiger charge is -2.20. The van der Waals surface area contributed by atoms with Crippen LogP contribution in [0, 0.1) is 0 Å². The summed E-state index contributed by atoms with van der Waals surface area (Å²) in [5.74, 6) is -1.33. The Morgan fingerprint density at radius 3 is 2.29 bits per heavy atom. The number of rotatable bonds is 1. The lowest BCUT2D eigenvalue weighted by atomic mass is 10.1. The van der Waals surface area contributed by atoms with E-state index >= 15 is 0 Å². The first-order valence-electron chi connectivity index (χ1n) is 4.09. The van der Waals surface area contributed by atoms with Crippen molar-refractivity contribution in [3.63, 3.8) is 0 Å². The fourth-order valence-electron chi connectivity index (χ4n) is 1.30. The van der Waals surface area contributed by atoms with Gasteiger partial charge in [0.1, 0.15) is 5.82 Å². The first kappa shape index (κ1) is 10.4. The van der Waals surface area contributed by atoms with Gasteiger partial charge in [-0.25, -0.2) is 9.59 Å². The molecule has 0 aliphatic carbocycles. The molecule has 0 aromatic carbocycles. The van der Waals surface area contributed by atoms with Gasteiger partial charge >= 0.3 is 11.7 Å². The highest BCUT2D eigenvalue weighted by molar-refractivity contribution is 5.90. The standard InChI is InChI=1S/C8H13N3O3/c1-8(2,3)11-4(6(12)13)5(9)10-7(11)14/h9H2,1-3H3,(H,10,14)(H,12,13). The summed E-state index contributed by atoms with van der Waals surface area (Å²) in [7, 11) is 0. The van der Waals surface area contributed by atoms with Crippen LogP contribution >= 0.6 is 0 Å². The Labute approximate surface area is 80.4 Å². The molecule has 6 nitrogen and oxygen atoms in total. The maximum atomic E-state index is 11.4. The molecule has 0 fully saturated rings. The number of aromatic nitrogens is 2. The molecular weight excluding hydrogens is 186 g/mol. The predicted octanol–water partition coefficient (Wildman–Crippen LogP) is 0.212. The predicted molar refractivity (Wildman–Crippen MR) is 51.4 cm³/mol. The lowest BCUT2D eigenvalue weighted by Crippen LogP contribution is -2.34. The van der Waals surface area contributed by atoms with Crippen molar-refractivity contribution < 1.29 is 9.90 Å². The van der Waals surface area contributed by atoms with Gasteiger partial charge in [0.05, 0.1) is 0 Å². The van der Waals surface area contributed by atoms with Crippen LogP contribution in [0.2, 0.25) is 0 Å². The molecule has 0 aliphatic heterocycles. The molecule has 1 aromatic rings. The van der Waals surface area contributed by atoms with Crippen molar-refractivity contribution in [3.05, 3.63) is 16.2 Å². The van der Waals surface area contributed by atoms with Crippen molar-refractivity contribution in [1.29, 1.82) is 0 Å². The van der Waals surface area contributed by atoms with E-state index in [2.05, 4.69) is 4.98 Å². The molecular formula is C8H13N3O3. The van der Waals surface area contributed by atoms with Gasteiger partial charge in [-0.2, -0.15) is 0 Å². The molecule has 6 heteroatoms. The molecule has 78 valence electrons. The number of nitrogens with two attached hydrogens (primary N) is 1. The van der Waals surface area contributed by atoms with Crippen molar-refractivity contribution in [2.24, 2.45) is 0 Å². The van der Waals surface area contributed by atoms with Gasteiger partial charge in [0.2, 0.25) is 0 Å². The maximum absolute atomic E-state index is 11.4. The first-order valence-corrected chi connectivity index (χ1v) is 4.09. The van der Waals surface area contributed by atoms with Crippen molar-refractivity contribution in [3.8, 4) is 0 Å². The molecule has 0 unspecified atom stereocenters. The minimum Gasteiger partial charge on any atom is -0.476 e. The zero-order chi connectivity index (χ0) is 11.1. The molecule has 0 saturated heterocycles. The highest BCUT2D eigenvalue weighted by Gasteiger charge is 2.26. The minimum absolute atomic E-state index is 0.113. The van der Waals surface area contributed by atoms with Crippen LogP contribution in [0.5, 0.6) is 0 Å². The summed E-state index contributed by atoms with van der Waals surface area (Å²) in [6.07, 6.45) is 0. The third-order valence-corrected chi connectivity index (χ3v) is 1.80. The maximum Gasteiger partial charge on any atom is 0.356 e. The molecule has 0 spiro atoms. The van der Waals surface area contributed by atoms with Crippen LogP contribution < -0.4 is 11.4 Å². The fraction of sp³-hybridized carbons (Fsp3) is 0.500. The van der Waals surface area contributed by atoms with Gasteiger partial charge in [-0.1, -0.05) is 0 Å². The van der Waals surface area contributed by atoms with Crippen LogP contribution in [0.4, 0.5) is 5.82 Å². The number of hydrogen-bond acceptors (Lipinski definition) is 3. The number of carbonyl (C=O) groups is 1. The summed E-state index contributed by atoms with van der Waals surface area (Å²) in [6.45, 7) is 5.19. The number of nitrogens with one attached hydrogen (secondary N) is 1. The summed E-state index contributed by atoms with van der Waals surface area (Å²) in [6, 6.07) is 0. The van der Waals surface area contributed by atoms with E-state index in [1.807, 2.05) is 0 Å². The second kappa shape index (κ2) is 2.90. The van der Waals surface area contributed by atoms with E-state index in [0.29, 0.717) is 0 Å². The Morgan fingerprint density at radius 2 is 2.00 bits per heavy atom. The Bertz CT molecular complexity index is 422. The summed E-state index contributed by atoms with van der Waals surface area (Å²) >= 11 is 0. The Kier molecular flexibility index (Phi) is 2.15. The van der Waals surface area contributed by atoms with Crippen LogP contribution in [-0.2, 0) is 5.54 Å². The van der Waals surface area contributed by atoms with Gasteiger partial charge in [0.15, 0.2) is 5.69 Å². The first-order chi connectivity index (χ1) is 6.25. The van der Waals surface area contributed by atoms with E-state index in [1.54, 1.807) is 20.8 Å². The van der Waals surface area contributed by atoms with Crippen LogP contribution in [0.1, 0.15) is 31.3 Å². The van der Waals surface area contributed by atoms with E-state index in [0.717, 1.165) is 4.57 Å². The number of nitrogens with zero attached hydrogens (tertiary/aromatic N) is 1. The number of carboxylic acid groups (broad SMARTS) is 1. The van der Waals surface area contributed by atoms with Crippen molar-refractivity contribution >= 4 is 11.8 Å². The number of hydrogen-bond donors (Lipinski definition) is 3. The second-order valence-electron chi connectivity index (χ2n) is 4.00. The molecule has 1 aromatic heterocycles. The average molecular weight is 199 g/mol. The number of anilines is 1. The quantitative estimate of drug-likeness (QED) is 0.601. The Balaban J connectivity index is 3.57. The summed E-state index contributed by atoms with van der Waals surface area (Å²) in [5, 5.41) is 8.86. The van der Waals surface area contributed by atoms with Crippen LogP contribution in [-0.4, -0.2) is 20.6 Å². The lowest BCUT2D eigenvalue weighted by molar-refractivity contribution is 0.0679. The third kappa shape index (κ3) is 1.50. The van der Waals surface area contributed by atoms with Gasteiger partial charge < -0.3 is 10.8 Å². The van der Waals surface area contributed by atoms with E-state index in [1.165, 1.54) is 0 Å². The van der Waals surface area contributed by atoms with Crippen molar-refractivity contribution in [1.82, 2.24) is 9.55 Å². The zero-order valence-corrected chi connectivity index (χ0v) is 8.29. The normalized spacial score (nSPS) is 11.6. The molecule has 0 aliphatic rings. The number of aromatic carboxylic acids is 1. The number of nitrogen functional groups attached to an aromatic ring is 1. The van der Waals surface area contributed by atoms with Crippen LogP contribution in [0.15, 0.2) is 4.79 Å². The van der Waals surface area contributed by atoms with E-state index < -0.39 is 17.2 Å². The molecule has 0 saturated carbocycles. The second-order valence-corrected chi connectivity index (χ2v) is 4.00. The molecule has 4 N–H and O–H groups in total. The van der Waals surface area contributed by atoms with Crippen LogP contribution in [0.3, 0.4) is 0 Å². The van der Waals surface area contributed by atoms with Gasteiger partial charge in [0, 0.05) is 5.54 Å². The summed E-state index contributed by atoms with van der Waals surface area (Å²) in [4.78, 5) is 24.5. The third-order valence-electron chi connectivity index (χ3n) is 1.80. The molecule has 0 bridgehead atoms. The van der Waals surface area contributed by atoms with Crippen molar-refractivity contribution in [2.75, 3.05) is 5.73 Å². The van der Waals surface area contributed by atoms with E-state index in [9.17, 15) is 9.59 Å². The van der Waals surface area contributed by atoms with E-state index in [-0.39, 0.29) is 11.5 Å². The van der Waals surface area contributed by atoms with Gasteiger partial charge in [-0.05, 0) is 20.8 Å². The largest absolute Gasteiger partial charge is 0.476 e. The summed E-state index contributed by atoms with van der Waals surface area (Å²) < 4.78 is 1.13. The highest BCUT2D eigenvalue weighted by Crippen LogP contribution is 2.17. The van der Waals surface area contributed by atoms with Gasteiger partial charge in [-0.15, -0.1) is 0 Å². The number of H-pyrrole nitrogens is 1. The van der Waals surface area contributed by atoms with Gasteiger partial charge in [-0.3, -0.25) is 9.55 Å². The topological polar surface area (TPSA) is 101 Å². The zero-order valence-electron chi connectivity index (χ0n) is 8.29. The fourth-order valence-corrected chi connectivity index (χ4v) is 1.30. The highest BCUT2D eigenvalue weighted by atomic mass is 16.4. The molecule has 1 heterocycles. The molecule has 1 rings (SSSR count). The molecule has 0 radical (unpaired) electrons. The average Bonchev–Trinajstić information content (AvgIpc) is 2.23. The van der Waals surface area contributed by atoms with E-state index in [4.69, 9.17) is 10.8 Å². The molecule has 14 heavy (non-hydrogen) atoms. The summed E-state index contributed by atoms with van der Waals surface area (Å²) in [5.41, 5.74) is 4.07. The molecule has 0 atom stereocenters. The number of carboxylic acids is 1. The van der Waals surface area contributed by atoms with Crippen molar-refractivity contribution in [2.45, 2.75) is 26.3 Å². The smallest absolute Gasteiger partial charge is 0.356 e. The SMILES string of the molecule is CC(C)(C)n1c(C(=O)O)c(N)[nH]c1=O. The Hall–Kier alpha value is -1.72. The molecule has 0 amide bonds.